The van der Waals surface area contributed by atoms with E-state index < -0.39 is 6.04 Å². The number of amides is 1. The van der Waals surface area contributed by atoms with E-state index in [4.69, 9.17) is 20.8 Å². The van der Waals surface area contributed by atoms with Crippen molar-refractivity contribution >= 4 is 17.5 Å². The molecule has 2 N–H and O–H groups in total. The van der Waals surface area contributed by atoms with Crippen LogP contribution in [0, 0.1) is 0 Å². The summed E-state index contributed by atoms with van der Waals surface area (Å²) in [6.07, 6.45) is 2.47. The minimum atomic E-state index is -0.463. The minimum absolute atomic E-state index is 0.0319. The van der Waals surface area contributed by atoms with E-state index in [1.807, 2.05) is 37.3 Å². The van der Waals surface area contributed by atoms with Gasteiger partial charge in [0.05, 0.1) is 25.5 Å². The first kappa shape index (κ1) is 21.2. The molecule has 7 nitrogen and oxygen atoms in total. The number of rotatable bonds is 7. The lowest BCUT2D eigenvalue weighted by Gasteiger charge is -2.26. The van der Waals surface area contributed by atoms with Gasteiger partial charge >= 0.3 is 0 Å². The molecule has 1 atom stereocenters. The van der Waals surface area contributed by atoms with E-state index in [1.54, 1.807) is 29.4 Å². The van der Waals surface area contributed by atoms with E-state index in [9.17, 15) is 9.90 Å². The molecule has 0 aliphatic carbocycles. The number of aromatic amines is 1. The second-order valence-electron chi connectivity index (χ2n) is 7.86. The van der Waals surface area contributed by atoms with Crippen LogP contribution >= 0.6 is 11.6 Å². The molecule has 0 spiro atoms. The van der Waals surface area contributed by atoms with Crippen molar-refractivity contribution in [2.75, 3.05) is 6.61 Å². The zero-order valence-corrected chi connectivity index (χ0v) is 18.7. The Balaban J connectivity index is 1.65. The van der Waals surface area contributed by atoms with Crippen LogP contribution in [0.2, 0.25) is 5.02 Å². The fourth-order valence-corrected chi connectivity index (χ4v) is 4.35. The Morgan fingerprint density at radius 2 is 2.09 bits per heavy atom. The number of phenols is 1. The predicted octanol–water partition coefficient (Wildman–Crippen LogP) is 5.56. The number of halogens is 1. The number of benzene rings is 2. The Morgan fingerprint density at radius 1 is 1.21 bits per heavy atom. The molecule has 0 saturated carbocycles. The van der Waals surface area contributed by atoms with E-state index in [2.05, 4.69) is 10.2 Å². The van der Waals surface area contributed by atoms with Gasteiger partial charge in [0.1, 0.15) is 28.6 Å². The fourth-order valence-electron chi connectivity index (χ4n) is 4.17. The number of nitrogens with one attached hydrogen (secondary N) is 1. The van der Waals surface area contributed by atoms with Gasteiger partial charge in [-0.25, -0.2) is 0 Å². The summed E-state index contributed by atoms with van der Waals surface area (Å²) in [6, 6.07) is 15.6. The molecule has 0 fully saturated rings. The number of furan rings is 1. The van der Waals surface area contributed by atoms with Gasteiger partial charge in [0.15, 0.2) is 0 Å². The first-order valence-corrected chi connectivity index (χ1v) is 11.1. The van der Waals surface area contributed by atoms with Crippen molar-refractivity contribution in [1.29, 1.82) is 0 Å². The number of aromatic nitrogens is 2. The van der Waals surface area contributed by atoms with Gasteiger partial charge in [-0.05, 0) is 54.4 Å². The Bertz CT molecular complexity index is 1300. The summed E-state index contributed by atoms with van der Waals surface area (Å²) < 4.78 is 11.4. The van der Waals surface area contributed by atoms with Crippen molar-refractivity contribution < 1.29 is 19.1 Å². The summed E-state index contributed by atoms with van der Waals surface area (Å²) in [5.41, 5.74) is 2.85. The van der Waals surface area contributed by atoms with Gasteiger partial charge in [0.25, 0.3) is 5.91 Å². The summed E-state index contributed by atoms with van der Waals surface area (Å²) in [6.45, 7) is 2.92. The molecule has 1 aliphatic rings. The number of hydrogen-bond acceptors (Lipinski definition) is 5. The minimum Gasteiger partial charge on any atom is -0.507 e. The average molecular weight is 464 g/mol. The second-order valence-corrected chi connectivity index (χ2v) is 8.29. The number of nitrogens with zero attached hydrogens (tertiary/aromatic N) is 2. The van der Waals surface area contributed by atoms with Gasteiger partial charge in [0, 0.05) is 16.1 Å². The Labute approximate surface area is 195 Å². The zero-order chi connectivity index (χ0) is 22.9. The van der Waals surface area contributed by atoms with E-state index in [0.717, 1.165) is 17.7 Å². The van der Waals surface area contributed by atoms with Crippen molar-refractivity contribution in [2.24, 2.45) is 0 Å². The highest BCUT2D eigenvalue weighted by Gasteiger charge is 2.43. The number of H-pyrrole nitrogens is 1. The van der Waals surface area contributed by atoms with Gasteiger partial charge in [0.2, 0.25) is 0 Å². The van der Waals surface area contributed by atoms with Gasteiger partial charge in [-0.3, -0.25) is 9.89 Å². The monoisotopic (exact) mass is 463 g/mol. The molecule has 8 heteroatoms. The average Bonchev–Trinajstić information content (AvgIpc) is 3.54. The lowest BCUT2D eigenvalue weighted by atomic mass is 9.95. The van der Waals surface area contributed by atoms with Crippen molar-refractivity contribution in [1.82, 2.24) is 15.1 Å². The molecule has 2 aromatic carbocycles. The second kappa shape index (κ2) is 8.67. The molecule has 168 valence electrons. The molecular formula is C25H22ClN3O4. The summed E-state index contributed by atoms with van der Waals surface area (Å²) >= 11 is 6.20. The maximum Gasteiger partial charge on any atom is 0.273 e. The lowest BCUT2D eigenvalue weighted by Crippen LogP contribution is -2.29. The maximum atomic E-state index is 13.5. The Kier molecular flexibility index (Phi) is 5.56. The summed E-state index contributed by atoms with van der Waals surface area (Å²) in [5.74, 6) is 1.22. The molecule has 4 aromatic rings. The maximum absolute atomic E-state index is 13.5. The van der Waals surface area contributed by atoms with Crippen molar-refractivity contribution in [2.45, 2.75) is 25.9 Å². The van der Waals surface area contributed by atoms with Gasteiger partial charge in [-0.2, -0.15) is 5.10 Å². The quantitative estimate of drug-likeness (QED) is 0.374. The highest BCUT2D eigenvalue weighted by atomic mass is 35.5. The number of aromatic hydroxyl groups is 1. The molecule has 0 radical (unpaired) electrons. The predicted molar refractivity (Wildman–Crippen MR) is 123 cm³/mol. The Morgan fingerprint density at radius 3 is 2.88 bits per heavy atom. The molecule has 1 unspecified atom stereocenters. The largest absolute Gasteiger partial charge is 0.507 e. The highest BCUT2D eigenvalue weighted by Crippen LogP contribution is 2.46. The highest BCUT2D eigenvalue weighted by molar-refractivity contribution is 6.31. The topological polar surface area (TPSA) is 91.6 Å². The van der Waals surface area contributed by atoms with E-state index in [1.165, 1.54) is 6.07 Å². The third-order valence-corrected chi connectivity index (χ3v) is 5.87. The third-order valence-electron chi connectivity index (χ3n) is 5.63. The van der Waals surface area contributed by atoms with Crippen LogP contribution in [0.25, 0.3) is 11.3 Å². The van der Waals surface area contributed by atoms with Crippen LogP contribution in [0.5, 0.6) is 11.5 Å². The fraction of sp³-hybridized carbons (Fsp3) is 0.200. The van der Waals surface area contributed by atoms with Crippen LogP contribution in [0.4, 0.5) is 0 Å². The van der Waals surface area contributed by atoms with Gasteiger partial charge in [-0.1, -0.05) is 30.7 Å². The summed E-state index contributed by atoms with van der Waals surface area (Å²) in [5, 5.41) is 18.3. The first-order valence-electron chi connectivity index (χ1n) is 10.7. The van der Waals surface area contributed by atoms with E-state index in [0.29, 0.717) is 39.9 Å². The van der Waals surface area contributed by atoms with Crippen molar-refractivity contribution in [3.8, 4) is 22.8 Å². The van der Waals surface area contributed by atoms with Crippen LogP contribution in [0.1, 0.15) is 46.8 Å². The van der Waals surface area contributed by atoms with E-state index in [-0.39, 0.29) is 18.2 Å². The van der Waals surface area contributed by atoms with Crippen molar-refractivity contribution in [3.63, 3.8) is 0 Å². The molecular weight excluding hydrogens is 442 g/mol. The number of fused-ring (bicyclic) bond motifs is 1. The van der Waals surface area contributed by atoms with Gasteiger partial charge in [-0.15, -0.1) is 0 Å². The number of phenolic OH excluding ortho intramolecular Hbond substituents is 1. The number of carbonyl (C=O) groups is 1. The zero-order valence-electron chi connectivity index (χ0n) is 17.9. The third kappa shape index (κ3) is 3.85. The molecule has 0 saturated heterocycles. The number of hydrogen-bond donors (Lipinski definition) is 2. The lowest BCUT2D eigenvalue weighted by molar-refractivity contribution is 0.0716. The number of ether oxygens (including phenoxy) is 1. The van der Waals surface area contributed by atoms with Crippen LogP contribution in [0.15, 0.2) is 65.3 Å². The SMILES string of the molecule is CCCOc1cccc(C2c3c(-c4cc(Cl)ccc4O)n[nH]c3C(=O)N2Cc2ccco2)c1. The molecule has 2 aromatic heterocycles. The molecule has 1 aliphatic heterocycles. The standard InChI is InChI=1S/C25H22ClN3O4/c1-2-10-32-17-6-3-5-15(12-17)24-21-22(19-13-16(26)8-9-20(19)30)27-28-23(21)25(31)29(24)14-18-7-4-11-33-18/h3-9,11-13,24,30H,2,10,14H2,1H3,(H,27,28). The summed E-state index contributed by atoms with van der Waals surface area (Å²) in [7, 11) is 0. The molecule has 3 heterocycles. The molecule has 0 bridgehead atoms. The normalized spacial score (nSPS) is 15.2. The molecule has 5 rings (SSSR count). The van der Waals surface area contributed by atoms with Crippen LogP contribution < -0.4 is 4.74 Å². The molecule has 1 amide bonds. The van der Waals surface area contributed by atoms with Crippen LogP contribution in [0.3, 0.4) is 0 Å². The van der Waals surface area contributed by atoms with Crippen molar-refractivity contribution in [3.05, 3.63) is 88.5 Å². The van der Waals surface area contributed by atoms with Crippen LogP contribution in [-0.4, -0.2) is 32.7 Å². The van der Waals surface area contributed by atoms with E-state index >= 15 is 0 Å². The molecule has 33 heavy (non-hydrogen) atoms. The Hall–Kier alpha value is -3.71. The van der Waals surface area contributed by atoms with Gasteiger partial charge < -0.3 is 19.2 Å². The first-order chi connectivity index (χ1) is 16.1. The summed E-state index contributed by atoms with van der Waals surface area (Å²) in [4.78, 5) is 15.2. The number of carbonyl (C=O) groups excluding carboxylic acids is 1. The smallest absolute Gasteiger partial charge is 0.273 e. The van der Waals surface area contributed by atoms with Crippen LogP contribution in [-0.2, 0) is 6.54 Å².